The molecule has 2 N–H and O–H groups in total. The summed E-state index contributed by atoms with van der Waals surface area (Å²) in [6.07, 6.45) is 6.63. The molecule has 29 heavy (non-hydrogen) atoms. The van der Waals surface area contributed by atoms with Crippen LogP contribution in [0.25, 0.3) is 22.2 Å². The highest BCUT2D eigenvalue weighted by Crippen LogP contribution is 2.43. The zero-order chi connectivity index (χ0) is 20.6. The fourth-order valence-corrected chi connectivity index (χ4v) is 5.18. The van der Waals surface area contributed by atoms with Gasteiger partial charge in [0.05, 0.1) is 12.5 Å². The van der Waals surface area contributed by atoms with E-state index in [1.807, 2.05) is 25.1 Å². The predicted molar refractivity (Wildman–Crippen MR) is 113 cm³/mol. The Morgan fingerprint density at radius 1 is 1.21 bits per heavy atom. The monoisotopic (exact) mass is 414 g/mol. The predicted octanol–water partition coefficient (Wildman–Crippen LogP) is 4.76. The molecule has 0 radical (unpaired) electrons. The van der Waals surface area contributed by atoms with Crippen molar-refractivity contribution in [3.05, 3.63) is 41.5 Å². The van der Waals surface area contributed by atoms with Crippen molar-refractivity contribution in [2.75, 3.05) is 7.11 Å². The molecule has 1 heterocycles. The van der Waals surface area contributed by atoms with Crippen LogP contribution in [0, 0.1) is 0 Å². The maximum Gasteiger partial charge on any atom is 0.241 e. The molecule has 1 aliphatic rings. The number of benzene rings is 2. The topological polar surface area (TPSA) is 95.4 Å². The summed E-state index contributed by atoms with van der Waals surface area (Å²) in [5, 5.41) is 10.8. The molecule has 1 saturated carbocycles. The average molecular weight is 415 g/mol. The highest BCUT2D eigenvalue weighted by molar-refractivity contribution is 7.89. The molecule has 1 aliphatic carbocycles. The minimum atomic E-state index is -3.96. The molecule has 0 unspecified atom stereocenters. The molecule has 1 fully saturated rings. The van der Waals surface area contributed by atoms with Crippen molar-refractivity contribution in [2.45, 2.75) is 56.3 Å². The van der Waals surface area contributed by atoms with Gasteiger partial charge in [0.15, 0.2) is 5.58 Å². The molecule has 6 nitrogen and oxygen atoms in total. The third-order valence-electron chi connectivity index (χ3n) is 5.86. The zero-order valence-corrected chi connectivity index (χ0v) is 17.6. The van der Waals surface area contributed by atoms with E-state index in [0.717, 1.165) is 23.8 Å². The number of nitrogens with two attached hydrogens (primary N) is 1. The van der Waals surface area contributed by atoms with Gasteiger partial charge in [-0.1, -0.05) is 43.5 Å². The number of sulfonamides is 1. The molecule has 0 aliphatic heterocycles. The van der Waals surface area contributed by atoms with Crippen molar-refractivity contribution in [1.82, 2.24) is 5.16 Å². The number of hydrogen-bond donors (Lipinski definition) is 1. The molecule has 2 aromatic carbocycles. The van der Waals surface area contributed by atoms with Gasteiger partial charge in [0.25, 0.3) is 0 Å². The van der Waals surface area contributed by atoms with E-state index in [9.17, 15) is 8.42 Å². The van der Waals surface area contributed by atoms with Crippen molar-refractivity contribution in [2.24, 2.45) is 5.14 Å². The second-order valence-corrected chi connectivity index (χ2v) is 9.19. The van der Waals surface area contributed by atoms with E-state index in [-0.39, 0.29) is 10.6 Å². The summed E-state index contributed by atoms with van der Waals surface area (Å²) in [5.74, 6) is 0.655. The molecule has 7 heteroatoms. The molecule has 4 rings (SSSR count). The smallest absolute Gasteiger partial charge is 0.241 e. The third-order valence-corrected chi connectivity index (χ3v) is 6.78. The molecule has 0 bridgehead atoms. The Kier molecular flexibility index (Phi) is 5.36. The Hall–Kier alpha value is -2.38. The number of fused-ring (bicyclic) bond motifs is 1. The summed E-state index contributed by atoms with van der Waals surface area (Å²) < 4.78 is 35.6. The molecule has 0 spiro atoms. The first kappa shape index (κ1) is 19.9. The van der Waals surface area contributed by atoms with Crippen LogP contribution in [0.15, 0.2) is 39.8 Å². The van der Waals surface area contributed by atoms with Gasteiger partial charge in [0.1, 0.15) is 16.3 Å². The SMILES string of the molecule is CCc1cc(-c2noc3cccc(C4CCCCC4)c23)c(OC)c(S(N)(=O)=O)c1. The van der Waals surface area contributed by atoms with Crippen LogP contribution in [0.5, 0.6) is 5.75 Å². The molecule has 0 atom stereocenters. The quantitative estimate of drug-likeness (QED) is 0.649. The summed E-state index contributed by atoms with van der Waals surface area (Å²) >= 11 is 0. The van der Waals surface area contributed by atoms with Crippen LogP contribution in [-0.2, 0) is 16.4 Å². The van der Waals surface area contributed by atoms with Gasteiger partial charge in [-0.3, -0.25) is 0 Å². The van der Waals surface area contributed by atoms with Crippen LogP contribution >= 0.6 is 0 Å². The van der Waals surface area contributed by atoms with E-state index in [4.69, 9.17) is 14.4 Å². The highest BCUT2D eigenvalue weighted by atomic mass is 32.2. The van der Waals surface area contributed by atoms with E-state index in [1.54, 1.807) is 6.07 Å². The van der Waals surface area contributed by atoms with Gasteiger partial charge in [0, 0.05) is 5.56 Å². The fourth-order valence-electron chi connectivity index (χ4n) is 4.42. The number of aromatic nitrogens is 1. The zero-order valence-electron chi connectivity index (χ0n) is 16.8. The van der Waals surface area contributed by atoms with Gasteiger partial charge in [-0.05, 0) is 54.5 Å². The number of hydrogen-bond acceptors (Lipinski definition) is 5. The van der Waals surface area contributed by atoms with E-state index in [1.165, 1.54) is 31.9 Å². The molecular formula is C22H26N2O4S. The Bertz CT molecular complexity index is 1150. The normalized spacial score (nSPS) is 15.7. The highest BCUT2D eigenvalue weighted by Gasteiger charge is 2.27. The summed E-state index contributed by atoms with van der Waals surface area (Å²) in [5.41, 5.74) is 3.95. The largest absolute Gasteiger partial charge is 0.495 e. The summed E-state index contributed by atoms with van der Waals surface area (Å²) in [7, 11) is -2.51. The maximum atomic E-state index is 12.2. The number of nitrogens with zero attached hydrogens (tertiary/aromatic N) is 1. The van der Waals surface area contributed by atoms with Crippen LogP contribution in [0.1, 0.15) is 56.1 Å². The van der Waals surface area contributed by atoms with Gasteiger partial charge >= 0.3 is 0 Å². The second-order valence-electron chi connectivity index (χ2n) is 7.66. The van der Waals surface area contributed by atoms with Crippen LogP contribution in [0.2, 0.25) is 0 Å². The lowest BCUT2D eigenvalue weighted by Crippen LogP contribution is -2.14. The average Bonchev–Trinajstić information content (AvgIpc) is 3.16. The summed E-state index contributed by atoms with van der Waals surface area (Å²) in [4.78, 5) is -0.0272. The summed E-state index contributed by atoms with van der Waals surface area (Å²) in [6.45, 7) is 1.97. The second kappa shape index (κ2) is 7.80. The molecule has 0 saturated heterocycles. The number of aryl methyl sites for hydroxylation is 1. The van der Waals surface area contributed by atoms with Crippen molar-refractivity contribution >= 4 is 21.0 Å². The number of methoxy groups -OCH3 is 1. The van der Waals surface area contributed by atoms with Crippen molar-refractivity contribution in [3.8, 4) is 17.0 Å². The van der Waals surface area contributed by atoms with Gasteiger partial charge in [-0.15, -0.1) is 0 Å². The van der Waals surface area contributed by atoms with Gasteiger partial charge in [0.2, 0.25) is 10.0 Å². The molecule has 0 amide bonds. The van der Waals surface area contributed by atoms with Crippen LogP contribution in [0.4, 0.5) is 0 Å². The Balaban J connectivity index is 2.00. The van der Waals surface area contributed by atoms with E-state index in [2.05, 4.69) is 11.2 Å². The number of ether oxygens (including phenoxy) is 1. The lowest BCUT2D eigenvalue weighted by molar-refractivity contribution is 0.403. The number of primary sulfonamides is 1. The van der Waals surface area contributed by atoms with Crippen molar-refractivity contribution < 1.29 is 17.7 Å². The fraction of sp³-hybridized carbons (Fsp3) is 0.409. The van der Waals surface area contributed by atoms with Gasteiger partial charge in [-0.2, -0.15) is 0 Å². The van der Waals surface area contributed by atoms with Gasteiger partial charge in [-0.25, -0.2) is 13.6 Å². The third kappa shape index (κ3) is 3.65. The number of rotatable bonds is 5. The lowest BCUT2D eigenvalue weighted by atomic mass is 9.82. The van der Waals surface area contributed by atoms with Crippen molar-refractivity contribution in [1.29, 1.82) is 0 Å². The Morgan fingerprint density at radius 3 is 2.62 bits per heavy atom. The Labute approximate surface area is 171 Å². The first-order chi connectivity index (χ1) is 13.9. The molecule has 154 valence electrons. The molecule has 3 aromatic rings. The van der Waals surface area contributed by atoms with E-state index < -0.39 is 10.0 Å². The lowest BCUT2D eigenvalue weighted by Gasteiger charge is -2.23. The minimum Gasteiger partial charge on any atom is -0.495 e. The van der Waals surface area contributed by atoms with E-state index in [0.29, 0.717) is 29.2 Å². The Morgan fingerprint density at radius 2 is 1.97 bits per heavy atom. The summed E-state index contributed by atoms with van der Waals surface area (Å²) in [6, 6.07) is 9.52. The first-order valence-electron chi connectivity index (χ1n) is 10.1. The minimum absolute atomic E-state index is 0.0272. The first-order valence-corrected chi connectivity index (χ1v) is 11.6. The maximum absolute atomic E-state index is 12.2. The van der Waals surface area contributed by atoms with Crippen LogP contribution in [0.3, 0.4) is 0 Å². The standard InChI is InChI=1S/C22H26N2O4S/c1-3-14-12-17(22(27-2)19(13-14)29(23,25)26)21-20-16(15-8-5-4-6-9-15)10-7-11-18(20)28-24-21/h7,10-13,15H,3-6,8-9H2,1-2H3,(H2,23,25,26). The van der Waals surface area contributed by atoms with Crippen molar-refractivity contribution in [3.63, 3.8) is 0 Å². The van der Waals surface area contributed by atoms with Gasteiger partial charge < -0.3 is 9.26 Å². The van der Waals surface area contributed by atoms with E-state index >= 15 is 0 Å². The van der Waals surface area contributed by atoms with Crippen LogP contribution in [-0.4, -0.2) is 20.7 Å². The molecule has 1 aromatic heterocycles. The van der Waals surface area contributed by atoms with Crippen LogP contribution < -0.4 is 9.88 Å². The molecular weight excluding hydrogens is 388 g/mol.